The number of hydrogen-bond donors (Lipinski definition) is 0. The molecular weight excluding hydrogens is 510 g/mol. The monoisotopic (exact) mass is 523 g/mol. The average Bonchev–Trinajstić information content (AvgIpc) is 3.08. The topological polar surface area (TPSA) is 9.86 Å². The summed E-state index contributed by atoms with van der Waals surface area (Å²) in [7, 11) is 2.19. The molecule has 0 spiro atoms. The molecule has 23 heavy (non-hydrogen) atoms. The molecule has 0 amide bonds. The molecule has 5 aromatic rings. The van der Waals surface area contributed by atoms with E-state index in [9.17, 15) is 0 Å². The number of hydrogen-bond acceptors (Lipinski definition) is 0. The van der Waals surface area contributed by atoms with E-state index in [1.807, 2.05) is 0 Å². The second-order valence-electron chi connectivity index (χ2n) is 5.79. The molecule has 0 bridgehead atoms. The fraction of sp³-hybridized carbons (Fsp3) is 0.0526. The van der Waals surface area contributed by atoms with Crippen molar-refractivity contribution in [2.24, 2.45) is 7.05 Å². The predicted molar refractivity (Wildman–Crippen MR) is 103 cm³/mol. The molecular formula is C19H13I2N2-. The maximum atomic E-state index is 2.56. The van der Waals surface area contributed by atoms with Gasteiger partial charge in [-0.3, -0.25) is 0 Å². The van der Waals surface area contributed by atoms with Crippen LogP contribution in [-0.4, -0.2) is 7.35 Å². The molecule has 0 N–H and O–H groups in total. The van der Waals surface area contributed by atoms with Gasteiger partial charge in [0.05, 0.1) is 0 Å². The van der Waals surface area contributed by atoms with Gasteiger partial charge in [-0.1, -0.05) is 0 Å². The molecule has 0 aliphatic carbocycles. The van der Waals surface area contributed by atoms with Gasteiger partial charge in [0.1, 0.15) is 0 Å². The van der Waals surface area contributed by atoms with Crippen molar-refractivity contribution in [1.29, 1.82) is 0 Å². The number of halogens is 2. The first-order valence-corrected chi connectivity index (χ1v) is 14.7. The number of fused-ring (bicyclic) bond motifs is 7. The van der Waals surface area contributed by atoms with Crippen LogP contribution in [0.5, 0.6) is 0 Å². The van der Waals surface area contributed by atoms with Gasteiger partial charge in [0.15, 0.2) is 0 Å². The third-order valence-electron chi connectivity index (χ3n) is 4.71. The van der Waals surface area contributed by atoms with Gasteiger partial charge in [-0.05, 0) is 0 Å². The third kappa shape index (κ3) is 1.79. The molecule has 0 fully saturated rings. The van der Waals surface area contributed by atoms with E-state index in [4.69, 9.17) is 0 Å². The maximum absolute atomic E-state index is 2.56. The van der Waals surface area contributed by atoms with Gasteiger partial charge in [-0.25, -0.2) is 0 Å². The second kappa shape index (κ2) is 5.11. The fourth-order valence-corrected chi connectivity index (χ4v) is 7.60. The zero-order valence-corrected chi connectivity index (χ0v) is 16.7. The minimum absolute atomic E-state index is 0.0708. The Morgan fingerprint density at radius 2 is 1.43 bits per heavy atom. The average molecular weight is 523 g/mol. The van der Waals surface area contributed by atoms with E-state index < -0.39 is 0 Å². The summed E-state index contributed by atoms with van der Waals surface area (Å²) in [4.78, 5) is 0. The normalized spacial score (nSPS) is 12.3. The molecule has 0 saturated heterocycles. The van der Waals surface area contributed by atoms with Gasteiger partial charge in [0, 0.05) is 0 Å². The van der Waals surface area contributed by atoms with Gasteiger partial charge >= 0.3 is 155 Å². The molecule has 0 aliphatic heterocycles. The van der Waals surface area contributed by atoms with Crippen molar-refractivity contribution < 1.29 is 17.5 Å². The van der Waals surface area contributed by atoms with E-state index in [2.05, 4.69) is 93.7 Å². The zero-order valence-electron chi connectivity index (χ0n) is 12.4. The van der Waals surface area contributed by atoms with Gasteiger partial charge in [-0.15, -0.1) is 0 Å². The van der Waals surface area contributed by atoms with E-state index in [0.29, 0.717) is 0 Å². The van der Waals surface area contributed by atoms with Crippen LogP contribution in [0.25, 0.3) is 43.6 Å². The Kier molecular flexibility index (Phi) is 3.13. The van der Waals surface area contributed by atoms with E-state index in [1.54, 1.807) is 0 Å². The van der Waals surface area contributed by atoms with Crippen molar-refractivity contribution in [3.8, 4) is 0 Å². The SMILES string of the molecule is Cn1c2ccccc2c2ccc3c(c4ccccc4n3[I-]I)c21. The van der Waals surface area contributed by atoms with Crippen LogP contribution >= 0.6 is 18.6 Å². The van der Waals surface area contributed by atoms with Gasteiger partial charge in [0.25, 0.3) is 0 Å². The Labute approximate surface area is 153 Å². The van der Waals surface area contributed by atoms with Gasteiger partial charge in [-0.2, -0.15) is 0 Å². The molecule has 4 heteroatoms. The Morgan fingerprint density at radius 1 is 0.739 bits per heavy atom. The van der Waals surface area contributed by atoms with Gasteiger partial charge < -0.3 is 0 Å². The summed E-state index contributed by atoms with van der Waals surface area (Å²) in [5.41, 5.74) is 5.39. The third-order valence-corrected chi connectivity index (χ3v) is 8.56. The van der Waals surface area contributed by atoms with E-state index >= 15 is 0 Å². The first kappa shape index (κ1) is 14.1. The summed E-state index contributed by atoms with van der Waals surface area (Å²) in [6.07, 6.45) is 0. The Morgan fingerprint density at radius 3 is 2.22 bits per heavy atom. The van der Waals surface area contributed by atoms with Crippen molar-refractivity contribution in [3.05, 3.63) is 60.7 Å². The second-order valence-corrected chi connectivity index (χ2v) is 9.57. The predicted octanol–water partition coefficient (Wildman–Crippen LogP) is 2.64. The number of aryl methyl sites for hydroxylation is 1. The molecule has 5 rings (SSSR count). The molecule has 2 aromatic heterocycles. The van der Waals surface area contributed by atoms with Gasteiger partial charge in [0.2, 0.25) is 0 Å². The summed E-state index contributed by atoms with van der Waals surface area (Å²) in [6, 6.07) is 22.1. The molecule has 0 saturated carbocycles. The van der Waals surface area contributed by atoms with Crippen molar-refractivity contribution in [2.45, 2.75) is 0 Å². The Bertz CT molecular complexity index is 1210. The quantitative estimate of drug-likeness (QED) is 0.300. The van der Waals surface area contributed by atoms with Crippen LogP contribution < -0.4 is 17.5 Å². The van der Waals surface area contributed by atoms with Crippen LogP contribution in [-0.2, 0) is 7.05 Å². The summed E-state index contributed by atoms with van der Waals surface area (Å²) in [6.45, 7) is 0. The van der Waals surface area contributed by atoms with Crippen LogP contribution in [0.15, 0.2) is 60.7 Å². The molecule has 0 unspecified atom stereocenters. The molecule has 3 aromatic carbocycles. The molecule has 114 valence electrons. The summed E-state index contributed by atoms with van der Waals surface area (Å²) in [5.74, 6) is 0. The van der Waals surface area contributed by atoms with Crippen LogP contribution in [0.4, 0.5) is 0 Å². The minimum atomic E-state index is -0.0708. The van der Waals surface area contributed by atoms with Crippen LogP contribution in [0, 0.1) is 0 Å². The number of aromatic nitrogens is 2. The van der Waals surface area contributed by atoms with Crippen molar-refractivity contribution in [3.63, 3.8) is 0 Å². The molecule has 2 nitrogen and oxygen atoms in total. The Hall–Kier alpha value is -1.28. The molecule has 0 atom stereocenters. The standard InChI is InChI=1S/C19H13I2N2/c1-22-15-8-4-2-6-12(15)13-10-11-17-18(19(13)22)14-7-3-5-9-16(14)23(17)21-20/h2-11H,1H3/q-1. The first-order valence-electron chi connectivity index (χ1n) is 7.47. The first-order chi connectivity index (χ1) is 11.3. The zero-order chi connectivity index (χ0) is 15.6. The molecule has 0 aliphatic rings. The number of benzene rings is 3. The number of nitrogens with zero attached hydrogens (tertiary/aromatic N) is 2. The van der Waals surface area contributed by atoms with E-state index in [1.165, 1.54) is 43.6 Å². The van der Waals surface area contributed by atoms with Crippen LogP contribution in [0.3, 0.4) is 0 Å². The van der Waals surface area contributed by atoms with Crippen molar-refractivity contribution in [1.82, 2.24) is 7.35 Å². The van der Waals surface area contributed by atoms with E-state index in [-0.39, 0.29) is 17.5 Å². The number of rotatable bonds is 1. The van der Waals surface area contributed by atoms with Crippen molar-refractivity contribution in [2.75, 3.05) is 0 Å². The summed E-state index contributed by atoms with van der Waals surface area (Å²) >= 11 is 2.49. The van der Waals surface area contributed by atoms with E-state index in [0.717, 1.165) is 0 Å². The van der Waals surface area contributed by atoms with Crippen LogP contribution in [0.1, 0.15) is 0 Å². The molecule has 2 heterocycles. The molecule has 0 radical (unpaired) electrons. The number of para-hydroxylation sites is 2. The summed E-state index contributed by atoms with van der Waals surface area (Å²) < 4.78 is 4.87. The van der Waals surface area contributed by atoms with Crippen LogP contribution in [0.2, 0.25) is 0 Å². The Balaban J connectivity index is 2.17. The summed E-state index contributed by atoms with van der Waals surface area (Å²) in [5, 5.41) is 5.46. The fourth-order valence-electron chi connectivity index (χ4n) is 3.74. The van der Waals surface area contributed by atoms with Crippen molar-refractivity contribution >= 4 is 62.2 Å².